The fraction of sp³-hybridized carbons (Fsp3) is 0.163. The van der Waals surface area contributed by atoms with Gasteiger partial charge in [0.25, 0.3) is 0 Å². The van der Waals surface area contributed by atoms with Gasteiger partial charge in [0.05, 0.1) is 22.3 Å². The Labute approximate surface area is 327 Å². The van der Waals surface area contributed by atoms with Crippen molar-refractivity contribution in [1.82, 2.24) is 0 Å². The maximum atomic E-state index is 13.3. The second kappa shape index (κ2) is 16.9. The van der Waals surface area contributed by atoms with Crippen LogP contribution in [0.3, 0.4) is 0 Å². The van der Waals surface area contributed by atoms with Crippen LogP contribution < -0.4 is 21.9 Å². The molecule has 0 aliphatic heterocycles. The largest absolute Gasteiger partial charge is 0.416 e. The Morgan fingerprint density at radius 1 is 0.397 bits per heavy atom. The van der Waals surface area contributed by atoms with Gasteiger partial charge >= 0.3 is 24.7 Å². The first-order valence-electron chi connectivity index (χ1n) is 17.5. The molecule has 6 aromatic rings. The number of rotatable bonds is 8. The lowest BCUT2D eigenvalue weighted by Crippen LogP contribution is -2.74. The Morgan fingerprint density at radius 2 is 0.655 bits per heavy atom. The van der Waals surface area contributed by atoms with Gasteiger partial charge in [0.15, 0.2) is 4.90 Å². The minimum Gasteiger partial charge on any atom is -0.195 e. The van der Waals surface area contributed by atoms with Crippen molar-refractivity contribution in [1.29, 1.82) is 0 Å². The highest BCUT2D eigenvalue weighted by Gasteiger charge is 2.38. The summed E-state index contributed by atoms with van der Waals surface area (Å²) < 4.78 is 173. The van der Waals surface area contributed by atoms with E-state index in [1.54, 1.807) is 0 Å². The topological polar surface area (TPSA) is 17.1 Å². The van der Waals surface area contributed by atoms with Crippen LogP contribution in [0.25, 0.3) is 0 Å². The number of hydrogen-bond acceptors (Lipinski definition) is 1. The van der Waals surface area contributed by atoms with Crippen molar-refractivity contribution in [3.8, 4) is 0 Å². The third-order valence-corrected chi connectivity index (χ3v) is 12.7. The molecule has 0 amide bonds. The minimum absolute atomic E-state index is 0.0114. The van der Waals surface area contributed by atoms with Crippen molar-refractivity contribution in [2.24, 2.45) is 0 Å². The Hall–Kier alpha value is -5.31. The smallest absolute Gasteiger partial charge is 0.195 e. The van der Waals surface area contributed by atoms with Gasteiger partial charge in [-0.15, -0.1) is 0 Å². The van der Waals surface area contributed by atoms with Gasteiger partial charge in [0, 0.05) is 5.56 Å². The van der Waals surface area contributed by atoms with E-state index in [1.165, 1.54) is 0 Å². The van der Waals surface area contributed by atoms with E-state index in [0.717, 1.165) is 59.0 Å². The molecule has 0 aliphatic rings. The van der Waals surface area contributed by atoms with Crippen molar-refractivity contribution < 1.29 is 56.9 Å². The van der Waals surface area contributed by atoms with Gasteiger partial charge in [-0.1, -0.05) is 150 Å². The predicted octanol–water partition coefficient (Wildman–Crippen LogP) is 10.9. The van der Waals surface area contributed by atoms with Crippen molar-refractivity contribution >= 4 is 37.9 Å². The molecule has 0 saturated heterocycles. The van der Waals surface area contributed by atoms with E-state index in [9.17, 15) is 56.9 Å². The Balaban J connectivity index is 0.000000313. The Bertz CT molecular complexity index is 2050. The van der Waals surface area contributed by atoms with Crippen LogP contribution in [-0.4, -0.2) is 11.9 Å². The van der Waals surface area contributed by atoms with E-state index < -0.39 is 63.0 Å². The highest BCUT2D eigenvalue weighted by atomic mass is 32.2. The second-order valence-corrected chi connectivity index (χ2v) is 16.3. The van der Waals surface area contributed by atoms with Crippen LogP contribution in [0.4, 0.5) is 52.7 Å². The minimum atomic E-state index is -4.77. The Kier molecular flexibility index (Phi) is 12.8. The molecule has 0 bridgehead atoms. The van der Waals surface area contributed by atoms with Gasteiger partial charge in [0.2, 0.25) is 0 Å². The highest BCUT2D eigenvalue weighted by molar-refractivity contribution is 8.02. The van der Waals surface area contributed by atoms with Crippen LogP contribution in [0.2, 0.25) is 0 Å². The summed E-state index contributed by atoms with van der Waals surface area (Å²) in [5.41, 5.74) is -3.15. The summed E-state index contributed by atoms with van der Waals surface area (Å²) in [5, 5.41) is 0. The molecule has 1 nitrogen and oxygen atoms in total. The zero-order valence-electron chi connectivity index (χ0n) is 30.4. The fourth-order valence-electron chi connectivity index (χ4n) is 6.86. The van der Waals surface area contributed by atoms with E-state index in [2.05, 4.69) is 0 Å². The first kappa shape index (κ1) is 43.8. The molecule has 0 radical (unpaired) electrons. The molecule has 0 aromatic heterocycles. The summed E-state index contributed by atoms with van der Waals surface area (Å²) in [7, 11) is -1.96. The first-order valence-corrected chi connectivity index (χ1v) is 19.4. The lowest BCUT2D eigenvalue weighted by molar-refractivity contribution is -0.138. The summed E-state index contributed by atoms with van der Waals surface area (Å²) >= 11 is 0. The highest BCUT2D eigenvalue weighted by Crippen LogP contribution is 2.33. The van der Waals surface area contributed by atoms with E-state index in [0.29, 0.717) is 60.0 Å². The fourth-order valence-corrected chi connectivity index (χ4v) is 8.95. The lowest BCUT2D eigenvalue weighted by atomic mass is 9.13. The van der Waals surface area contributed by atoms with Crippen LogP contribution in [0, 0.1) is 0 Å². The number of benzene rings is 6. The molecule has 6 aromatic carbocycles. The molecule has 0 fully saturated rings. The average Bonchev–Trinajstić information content (AvgIpc) is 3.18. The maximum absolute atomic E-state index is 13.3. The molecule has 0 heterocycles. The van der Waals surface area contributed by atoms with Crippen LogP contribution >= 0.6 is 0 Å². The summed E-state index contributed by atoms with van der Waals surface area (Å²) in [6, 6.07) is 33.4. The molecule has 15 heteroatoms. The van der Waals surface area contributed by atoms with E-state index in [4.69, 9.17) is 0 Å². The van der Waals surface area contributed by atoms with Gasteiger partial charge in [-0.05, 0) is 19.1 Å². The summed E-state index contributed by atoms with van der Waals surface area (Å²) in [5.74, 6) is 1.32. The maximum Gasteiger partial charge on any atom is 0.416 e. The van der Waals surface area contributed by atoms with E-state index in [-0.39, 0.29) is 21.9 Å². The van der Waals surface area contributed by atoms with Crippen molar-refractivity contribution in [3.05, 3.63) is 186 Å². The number of hydrogen-bond donors (Lipinski definition) is 0. The van der Waals surface area contributed by atoms with Gasteiger partial charge in [-0.3, -0.25) is 0 Å². The van der Waals surface area contributed by atoms with E-state index in [1.807, 2.05) is 67.6 Å². The molecule has 58 heavy (non-hydrogen) atoms. The van der Waals surface area contributed by atoms with Crippen molar-refractivity contribution in [3.63, 3.8) is 0 Å². The average molecular weight is 837 g/mol. The van der Waals surface area contributed by atoms with Gasteiger partial charge in [-0.2, -0.15) is 74.5 Å². The number of halogens is 12. The van der Waals surface area contributed by atoms with Gasteiger partial charge in [-0.25, -0.2) is 0 Å². The Morgan fingerprint density at radius 3 is 0.897 bits per heavy atom. The van der Waals surface area contributed by atoms with Gasteiger partial charge < -0.3 is 0 Å². The summed E-state index contributed by atoms with van der Waals surface area (Å²) in [6.45, 7) is 2.00. The molecule has 0 saturated carbocycles. The third kappa shape index (κ3) is 9.86. The standard InChI is InChI=1S/C28H16BF12.C15H17OS/c30-25(31,32)17-1-9-21(10-2-17)29(22-11-3-18(4-12-22)26(33,34)35,23-13-5-19(6-14-23)27(36,37)38)24-15-7-20(8-16-24)28(39,40)41;1-2-17(16,15-11-7-4-8-12-15)13-14-9-5-3-6-10-14/h1-16H;3-12H,2,13H2,1H3/q-1;+1. The molecule has 1 atom stereocenters. The van der Waals surface area contributed by atoms with Crippen LogP contribution in [0.1, 0.15) is 34.7 Å². The summed E-state index contributed by atoms with van der Waals surface area (Å²) in [4.78, 5) is 0.964. The first-order chi connectivity index (χ1) is 27.1. The van der Waals surface area contributed by atoms with Crippen LogP contribution in [-0.2, 0) is 44.6 Å². The zero-order chi connectivity index (χ0) is 42.6. The molecule has 0 aliphatic carbocycles. The van der Waals surface area contributed by atoms with Crippen LogP contribution in [0.15, 0.2) is 163 Å². The zero-order valence-corrected chi connectivity index (χ0v) is 31.2. The SMILES string of the molecule is CC[S+](=O)(Cc1ccccc1)c1ccccc1.FC(F)(F)c1ccc([B-](c2ccc(C(F)(F)F)cc2)(c2ccc(C(F)(F)F)cc2)c2ccc(C(F)(F)F)cc2)cc1. The lowest BCUT2D eigenvalue weighted by Gasteiger charge is -2.44. The quantitative estimate of drug-likeness (QED) is 0.0848. The van der Waals surface area contributed by atoms with Gasteiger partial charge in [0.1, 0.15) is 27.6 Å². The van der Waals surface area contributed by atoms with Crippen molar-refractivity contribution in [2.75, 3.05) is 5.75 Å². The molecular formula is C43H33BF12OS. The molecule has 1 unspecified atom stereocenters. The van der Waals surface area contributed by atoms with Crippen LogP contribution in [0.5, 0.6) is 0 Å². The second-order valence-electron chi connectivity index (χ2n) is 13.4. The number of alkyl halides is 12. The predicted molar refractivity (Wildman–Crippen MR) is 204 cm³/mol. The molecule has 304 valence electrons. The summed E-state index contributed by atoms with van der Waals surface area (Å²) in [6.07, 6.45) is -22.0. The third-order valence-electron chi connectivity index (χ3n) is 9.83. The molecular weight excluding hydrogens is 803 g/mol. The monoisotopic (exact) mass is 836 g/mol. The molecule has 0 spiro atoms. The molecule has 6 rings (SSSR count). The molecule has 0 N–H and O–H groups in total. The van der Waals surface area contributed by atoms with E-state index >= 15 is 0 Å². The van der Waals surface area contributed by atoms with Crippen molar-refractivity contribution in [2.45, 2.75) is 42.3 Å². The normalized spacial score (nSPS) is 13.6.